The Hall–Kier alpha value is -1.75. The molecule has 21 heavy (non-hydrogen) atoms. The van der Waals surface area contributed by atoms with Crippen LogP contribution in [0.15, 0.2) is 18.2 Å². The molecule has 0 radical (unpaired) electrons. The molecule has 1 unspecified atom stereocenters. The lowest BCUT2D eigenvalue weighted by atomic mass is 10.1. The third-order valence-electron chi connectivity index (χ3n) is 3.27. The molecule has 0 fully saturated rings. The van der Waals surface area contributed by atoms with Crippen LogP contribution in [-0.4, -0.2) is 44.1 Å². The van der Waals surface area contributed by atoms with Crippen molar-refractivity contribution in [1.82, 2.24) is 10.2 Å². The molecule has 1 aromatic rings. The van der Waals surface area contributed by atoms with Gasteiger partial charge in [0, 0.05) is 18.2 Å². The van der Waals surface area contributed by atoms with Crippen LogP contribution in [0.5, 0.6) is 5.75 Å². The lowest BCUT2D eigenvalue weighted by Crippen LogP contribution is -2.31. The zero-order valence-corrected chi connectivity index (χ0v) is 13.5. The van der Waals surface area contributed by atoms with Crippen LogP contribution in [0, 0.1) is 0 Å². The summed E-state index contributed by atoms with van der Waals surface area (Å²) in [7, 11) is 4.05. The molecule has 1 atom stereocenters. The summed E-state index contributed by atoms with van der Waals surface area (Å²) < 4.78 is 5.64. The maximum Gasteiger partial charge on any atom is 0.251 e. The SMILES string of the molecule is CCC(C)NC(=O)c1ccc(OCCCN(C)C)c(N)c1. The van der Waals surface area contributed by atoms with Gasteiger partial charge in [-0.05, 0) is 52.1 Å². The molecule has 0 bridgehead atoms. The highest BCUT2D eigenvalue weighted by molar-refractivity contribution is 5.95. The molecule has 118 valence electrons. The van der Waals surface area contributed by atoms with Gasteiger partial charge < -0.3 is 20.7 Å². The maximum atomic E-state index is 12.0. The van der Waals surface area contributed by atoms with E-state index in [0.717, 1.165) is 19.4 Å². The molecule has 1 aromatic carbocycles. The zero-order valence-electron chi connectivity index (χ0n) is 13.5. The quantitative estimate of drug-likeness (QED) is 0.569. The second kappa shape index (κ2) is 8.52. The van der Waals surface area contributed by atoms with Gasteiger partial charge in [0.05, 0.1) is 12.3 Å². The molecule has 0 spiro atoms. The third kappa shape index (κ3) is 6.04. The summed E-state index contributed by atoms with van der Waals surface area (Å²) in [6, 6.07) is 5.32. The van der Waals surface area contributed by atoms with E-state index in [4.69, 9.17) is 10.5 Å². The van der Waals surface area contributed by atoms with E-state index in [2.05, 4.69) is 10.2 Å². The van der Waals surface area contributed by atoms with E-state index in [0.29, 0.717) is 23.6 Å². The van der Waals surface area contributed by atoms with Gasteiger partial charge in [0.2, 0.25) is 0 Å². The summed E-state index contributed by atoms with van der Waals surface area (Å²) in [6.07, 6.45) is 1.83. The van der Waals surface area contributed by atoms with Gasteiger partial charge in [-0.15, -0.1) is 0 Å². The number of nitrogen functional groups attached to an aromatic ring is 1. The van der Waals surface area contributed by atoms with Crippen LogP contribution < -0.4 is 15.8 Å². The van der Waals surface area contributed by atoms with Gasteiger partial charge in [-0.25, -0.2) is 0 Å². The van der Waals surface area contributed by atoms with E-state index in [1.54, 1.807) is 18.2 Å². The Bertz CT molecular complexity index is 461. The first-order chi connectivity index (χ1) is 9.93. The highest BCUT2D eigenvalue weighted by Crippen LogP contribution is 2.22. The van der Waals surface area contributed by atoms with Crippen molar-refractivity contribution in [2.75, 3.05) is 33.0 Å². The standard InChI is InChI=1S/C16H27N3O2/c1-5-12(2)18-16(20)13-7-8-15(14(17)11-13)21-10-6-9-19(3)4/h7-8,11-12H,5-6,9-10,17H2,1-4H3,(H,18,20). The van der Waals surface area contributed by atoms with E-state index in [-0.39, 0.29) is 11.9 Å². The molecule has 0 saturated heterocycles. The van der Waals surface area contributed by atoms with Crippen molar-refractivity contribution in [3.05, 3.63) is 23.8 Å². The Morgan fingerprint density at radius 2 is 2.14 bits per heavy atom. The number of nitrogens with two attached hydrogens (primary N) is 1. The minimum Gasteiger partial charge on any atom is -0.491 e. The van der Waals surface area contributed by atoms with E-state index >= 15 is 0 Å². The van der Waals surface area contributed by atoms with Crippen molar-refractivity contribution in [2.45, 2.75) is 32.7 Å². The first-order valence-corrected chi connectivity index (χ1v) is 7.42. The summed E-state index contributed by atoms with van der Waals surface area (Å²) in [5, 5.41) is 2.92. The molecule has 5 heteroatoms. The third-order valence-corrected chi connectivity index (χ3v) is 3.27. The Morgan fingerprint density at radius 1 is 1.43 bits per heavy atom. The predicted molar refractivity (Wildman–Crippen MR) is 86.7 cm³/mol. The van der Waals surface area contributed by atoms with Crippen LogP contribution in [0.25, 0.3) is 0 Å². The Balaban J connectivity index is 2.57. The Labute approximate surface area is 127 Å². The van der Waals surface area contributed by atoms with Crippen molar-refractivity contribution >= 4 is 11.6 Å². The van der Waals surface area contributed by atoms with Gasteiger partial charge in [-0.3, -0.25) is 4.79 Å². The molecule has 1 amide bonds. The first kappa shape index (κ1) is 17.3. The summed E-state index contributed by atoms with van der Waals surface area (Å²) >= 11 is 0. The molecule has 3 N–H and O–H groups in total. The number of rotatable bonds is 8. The normalized spacial score (nSPS) is 12.2. The molecule has 1 rings (SSSR count). The number of amides is 1. The number of carbonyl (C=O) groups excluding carboxylic acids is 1. The first-order valence-electron chi connectivity index (χ1n) is 7.42. The van der Waals surface area contributed by atoms with Crippen molar-refractivity contribution in [1.29, 1.82) is 0 Å². The predicted octanol–water partition coefficient (Wildman–Crippen LogP) is 2.13. The average Bonchev–Trinajstić information content (AvgIpc) is 2.44. The second-order valence-electron chi connectivity index (χ2n) is 5.54. The fourth-order valence-electron chi connectivity index (χ4n) is 1.79. The fourth-order valence-corrected chi connectivity index (χ4v) is 1.79. The second-order valence-corrected chi connectivity index (χ2v) is 5.54. The molecule has 0 aromatic heterocycles. The number of hydrogen-bond acceptors (Lipinski definition) is 4. The molecular weight excluding hydrogens is 266 g/mol. The average molecular weight is 293 g/mol. The molecular formula is C16H27N3O2. The summed E-state index contributed by atoms with van der Waals surface area (Å²) in [5.41, 5.74) is 7.01. The van der Waals surface area contributed by atoms with E-state index in [9.17, 15) is 4.79 Å². The van der Waals surface area contributed by atoms with Gasteiger partial charge in [0.1, 0.15) is 5.75 Å². The van der Waals surface area contributed by atoms with Gasteiger partial charge in [-0.1, -0.05) is 6.92 Å². The highest BCUT2D eigenvalue weighted by Gasteiger charge is 2.10. The number of nitrogens with one attached hydrogen (secondary N) is 1. The van der Waals surface area contributed by atoms with Crippen LogP contribution in [0.2, 0.25) is 0 Å². The molecule has 0 aliphatic rings. The Morgan fingerprint density at radius 3 is 2.71 bits per heavy atom. The summed E-state index contributed by atoms with van der Waals surface area (Å²) in [5.74, 6) is 0.532. The number of nitrogens with zero attached hydrogens (tertiary/aromatic N) is 1. The molecule has 0 heterocycles. The van der Waals surface area contributed by atoms with Gasteiger partial charge in [0.25, 0.3) is 5.91 Å². The zero-order chi connectivity index (χ0) is 15.8. The molecule has 0 saturated carbocycles. The minimum absolute atomic E-state index is 0.102. The monoisotopic (exact) mass is 293 g/mol. The van der Waals surface area contributed by atoms with Crippen LogP contribution >= 0.6 is 0 Å². The molecule has 0 aliphatic carbocycles. The van der Waals surface area contributed by atoms with Crippen molar-refractivity contribution in [3.8, 4) is 5.75 Å². The van der Waals surface area contributed by atoms with E-state index in [1.165, 1.54) is 0 Å². The minimum atomic E-state index is -0.102. The Kier molecular flexibility index (Phi) is 7.02. The largest absolute Gasteiger partial charge is 0.491 e. The molecule has 5 nitrogen and oxygen atoms in total. The van der Waals surface area contributed by atoms with Gasteiger partial charge in [0.15, 0.2) is 0 Å². The number of carbonyl (C=O) groups is 1. The smallest absolute Gasteiger partial charge is 0.251 e. The van der Waals surface area contributed by atoms with Crippen molar-refractivity contribution < 1.29 is 9.53 Å². The lowest BCUT2D eigenvalue weighted by Gasteiger charge is -2.14. The van der Waals surface area contributed by atoms with E-state index in [1.807, 2.05) is 27.9 Å². The lowest BCUT2D eigenvalue weighted by molar-refractivity contribution is 0.0939. The highest BCUT2D eigenvalue weighted by atomic mass is 16.5. The van der Waals surface area contributed by atoms with Crippen LogP contribution in [0.3, 0.4) is 0 Å². The summed E-state index contributed by atoms with van der Waals surface area (Å²) in [6.45, 7) is 5.59. The number of hydrogen-bond donors (Lipinski definition) is 2. The maximum absolute atomic E-state index is 12.0. The summed E-state index contributed by atoms with van der Waals surface area (Å²) in [4.78, 5) is 14.1. The van der Waals surface area contributed by atoms with Crippen molar-refractivity contribution in [3.63, 3.8) is 0 Å². The van der Waals surface area contributed by atoms with Gasteiger partial charge >= 0.3 is 0 Å². The van der Waals surface area contributed by atoms with Crippen LogP contribution in [-0.2, 0) is 0 Å². The van der Waals surface area contributed by atoms with E-state index < -0.39 is 0 Å². The number of benzene rings is 1. The number of anilines is 1. The van der Waals surface area contributed by atoms with Gasteiger partial charge in [-0.2, -0.15) is 0 Å². The topological polar surface area (TPSA) is 67.6 Å². The fraction of sp³-hybridized carbons (Fsp3) is 0.562. The number of ether oxygens (including phenoxy) is 1. The van der Waals surface area contributed by atoms with Crippen molar-refractivity contribution in [2.24, 2.45) is 0 Å². The molecule has 0 aliphatic heterocycles. The van der Waals surface area contributed by atoms with Crippen LogP contribution in [0.1, 0.15) is 37.0 Å². The van der Waals surface area contributed by atoms with Crippen LogP contribution in [0.4, 0.5) is 5.69 Å².